The van der Waals surface area contributed by atoms with Gasteiger partial charge in [0.2, 0.25) is 0 Å². The van der Waals surface area contributed by atoms with E-state index < -0.39 is 4.92 Å². The number of piperidine rings is 1. The molecule has 1 N–H and O–H groups in total. The van der Waals surface area contributed by atoms with Crippen molar-refractivity contribution in [3.63, 3.8) is 0 Å². The highest BCUT2D eigenvalue weighted by Crippen LogP contribution is 2.28. The third-order valence-electron chi connectivity index (χ3n) is 2.88. The Morgan fingerprint density at radius 2 is 2.29 bits per heavy atom. The fourth-order valence-corrected chi connectivity index (χ4v) is 2.88. The first-order chi connectivity index (χ1) is 8.08. The quantitative estimate of drug-likeness (QED) is 0.505. The van der Waals surface area contributed by atoms with Crippen molar-refractivity contribution in [3.05, 3.63) is 31.9 Å². The monoisotopic (exact) mass is 348 g/mol. The molecule has 6 heteroatoms. The van der Waals surface area contributed by atoms with Crippen LogP contribution in [0.25, 0.3) is 0 Å². The highest BCUT2D eigenvalue weighted by molar-refractivity contribution is 14.1. The van der Waals surface area contributed by atoms with Crippen molar-refractivity contribution in [1.82, 2.24) is 0 Å². The summed E-state index contributed by atoms with van der Waals surface area (Å²) in [5, 5.41) is 20.3. The Balaban J connectivity index is 2.23. The number of non-ortho nitro benzene ring substituents is 1. The topological polar surface area (TPSA) is 66.6 Å². The highest BCUT2D eigenvalue weighted by atomic mass is 127. The van der Waals surface area contributed by atoms with Crippen LogP contribution in [-0.4, -0.2) is 29.2 Å². The molecule has 1 aliphatic heterocycles. The van der Waals surface area contributed by atoms with Crippen LogP contribution in [-0.2, 0) is 0 Å². The predicted molar refractivity (Wildman–Crippen MR) is 73.3 cm³/mol. The van der Waals surface area contributed by atoms with Crippen LogP contribution in [0.1, 0.15) is 12.8 Å². The second kappa shape index (κ2) is 5.18. The summed E-state index contributed by atoms with van der Waals surface area (Å²) in [6.45, 7) is 1.50. The number of aliphatic hydroxyl groups is 1. The fourth-order valence-electron chi connectivity index (χ4n) is 2.04. The molecule has 0 unspecified atom stereocenters. The van der Waals surface area contributed by atoms with Gasteiger partial charge in [-0.25, -0.2) is 0 Å². The smallest absolute Gasteiger partial charge is 0.270 e. The number of benzene rings is 1. The van der Waals surface area contributed by atoms with Crippen molar-refractivity contribution >= 4 is 34.0 Å². The number of aliphatic hydroxyl groups excluding tert-OH is 1. The van der Waals surface area contributed by atoms with Crippen molar-refractivity contribution in [3.8, 4) is 0 Å². The second-order valence-electron chi connectivity index (χ2n) is 4.13. The van der Waals surface area contributed by atoms with Crippen LogP contribution in [0.2, 0.25) is 0 Å². The molecule has 5 nitrogen and oxygen atoms in total. The number of nitrogens with zero attached hydrogens (tertiary/aromatic N) is 2. The Morgan fingerprint density at radius 1 is 1.53 bits per heavy atom. The molecule has 1 fully saturated rings. The largest absolute Gasteiger partial charge is 0.391 e. The maximum atomic E-state index is 10.6. The summed E-state index contributed by atoms with van der Waals surface area (Å²) >= 11 is 2.10. The Labute approximate surface area is 113 Å². The Hall–Kier alpha value is -0.890. The van der Waals surface area contributed by atoms with Gasteiger partial charge in [-0.1, -0.05) is 0 Å². The van der Waals surface area contributed by atoms with E-state index in [0.717, 1.165) is 28.6 Å². The molecule has 1 aliphatic rings. The molecule has 0 spiro atoms. The minimum absolute atomic E-state index is 0.107. The lowest BCUT2D eigenvalue weighted by Gasteiger charge is -2.32. The van der Waals surface area contributed by atoms with E-state index >= 15 is 0 Å². The number of halogens is 1. The summed E-state index contributed by atoms with van der Waals surface area (Å²) in [5.74, 6) is 0. The van der Waals surface area contributed by atoms with Crippen LogP contribution in [0.15, 0.2) is 18.2 Å². The Bertz CT molecular complexity index is 439. The number of nitro groups is 1. The van der Waals surface area contributed by atoms with Crippen molar-refractivity contribution in [2.75, 3.05) is 18.0 Å². The van der Waals surface area contributed by atoms with Crippen molar-refractivity contribution in [2.24, 2.45) is 0 Å². The predicted octanol–water partition coefficient (Wildman–Crippen LogP) is 2.16. The molecule has 0 radical (unpaired) electrons. The van der Waals surface area contributed by atoms with Crippen LogP contribution >= 0.6 is 22.6 Å². The molecule has 0 aromatic heterocycles. The van der Waals surface area contributed by atoms with E-state index in [1.807, 2.05) is 0 Å². The van der Waals surface area contributed by atoms with Gasteiger partial charge in [0, 0.05) is 28.8 Å². The molecule has 17 heavy (non-hydrogen) atoms. The van der Waals surface area contributed by atoms with Crippen LogP contribution < -0.4 is 4.90 Å². The van der Waals surface area contributed by atoms with Crippen molar-refractivity contribution in [1.29, 1.82) is 0 Å². The zero-order valence-corrected chi connectivity index (χ0v) is 11.3. The fraction of sp³-hybridized carbons (Fsp3) is 0.455. The summed E-state index contributed by atoms with van der Waals surface area (Å²) < 4.78 is 0.853. The third kappa shape index (κ3) is 2.86. The summed E-state index contributed by atoms with van der Waals surface area (Å²) in [5.41, 5.74) is 1.07. The van der Waals surface area contributed by atoms with Gasteiger partial charge in [-0.2, -0.15) is 0 Å². The molecule has 92 valence electrons. The average molecular weight is 348 g/mol. The lowest BCUT2D eigenvalue weighted by molar-refractivity contribution is -0.384. The third-order valence-corrected chi connectivity index (χ3v) is 3.74. The van der Waals surface area contributed by atoms with E-state index in [4.69, 9.17) is 0 Å². The van der Waals surface area contributed by atoms with Crippen molar-refractivity contribution in [2.45, 2.75) is 18.9 Å². The number of hydrogen-bond donors (Lipinski definition) is 1. The second-order valence-corrected chi connectivity index (χ2v) is 5.30. The molecular weight excluding hydrogens is 335 g/mol. The normalized spacial score (nSPS) is 20.4. The van der Waals surface area contributed by atoms with Gasteiger partial charge in [0.15, 0.2) is 0 Å². The average Bonchev–Trinajstić information content (AvgIpc) is 2.28. The van der Waals surface area contributed by atoms with Gasteiger partial charge in [-0.3, -0.25) is 10.1 Å². The van der Waals surface area contributed by atoms with E-state index in [1.165, 1.54) is 6.07 Å². The summed E-state index contributed by atoms with van der Waals surface area (Å²) in [6.07, 6.45) is 1.49. The maximum Gasteiger partial charge on any atom is 0.270 e. The minimum Gasteiger partial charge on any atom is -0.391 e. The van der Waals surface area contributed by atoms with Crippen LogP contribution in [0.3, 0.4) is 0 Å². The molecule has 1 heterocycles. The molecule has 0 bridgehead atoms. The zero-order chi connectivity index (χ0) is 12.4. The van der Waals surface area contributed by atoms with Gasteiger partial charge in [0.25, 0.3) is 5.69 Å². The molecule has 1 aromatic rings. The first-order valence-electron chi connectivity index (χ1n) is 5.45. The van der Waals surface area contributed by atoms with Crippen LogP contribution in [0, 0.1) is 13.7 Å². The number of hydrogen-bond acceptors (Lipinski definition) is 4. The van der Waals surface area contributed by atoms with Gasteiger partial charge in [-0.15, -0.1) is 0 Å². The van der Waals surface area contributed by atoms with E-state index in [0.29, 0.717) is 6.54 Å². The number of rotatable bonds is 2. The van der Waals surface area contributed by atoms with Crippen molar-refractivity contribution < 1.29 is 10.0 Å². The zero-order valence-electron chi connectivity index (χ0n) is 9.17. The SMILES string of the molecule is O=[N+]([O-])c1ccc(N2CCC[C@H](O)C2)c(I)c1. The molecule has 1 saturated heterocycles. The van der Waals surface area contributed by atoms with Gasteiger partial charge < -0.3 is 10.0 Å². The molecule has 0 aliphatic carbocycles. The number of β-amino-alcohol motifs (C(OH)–C–C–N with tert-alkyl or cyclic N) is 1. The number of anilines is 1. The van der Waals surface area contributed by atoms with Gasteiger partial charge >= 0.3 is 0 Å². The van der Waals surface area contributed by atoms with Gasteiger partial charge in [-0.05, 0) is 41.5 Å². The Kier molecular flexibility index (Phi) is 3.82. The van der Waals surface area contributed by atoms with E-state index in [9.17, 15) is 15.2 Å². The lowest BCUT2D eigenvalue weighted by Crippen LogP contribution is -2.38. The van der Waals surface area contributed by atoms with Gasteiger partial charge in [0.05, 0.1) is 16.7 Å². The first-order valence-corrected chi connectivity index (χ1v) is 6.53. The van der Waals surface area contributed by atoms with Crippen LogP contribution in [0.4, 0.5) is 11.4 Å². The first kappa shape index (κ1) is 12.6. The molecule has 1 aromatic carbocycles. The lowest BCUT2D eigenvalue weighted by atomic mass is 10.1. The summed E-state index contributed by atoms with van der Waals surface area (Å²) in [4.78, 5) is 12.3. The molecule has 2 rings (SSSR count). The van der Waals surface area contributed by atoms with Crippen LogP contribution in [0.5, 0.6) is 0 Å². The molecule has 0 saturated carbocycles. The highest BCUT2D eigenvalue weighted by Gasteiger charge is 2.20. The maximum absolute atomic E-state index is 10.6. The molecular formula is C11H13IN2O3. The minimum atomic E-state index is -0.392. The number of nitro benzene ring substituents is 1. The van der Waals surface area contributed by atoms with E-state index in [-0.39, 0.29) is 11.8 Å². The van der Waals surface area contributed by atoms with E-state index in [1.54, 1.807) is 12.1 Å². The van der Waals surface area contributed by atoms with E-state index in [2.05, 4.69) is 27.5 Å². The standard InChI is InChI=1S/C11H13IN2O3/c12-10-6-8(14(16)17)3-4-11(10)13-5-1-2-9(15)7-13/h3-4,6,9,15H,1-2,5,7H2/t9-/m0/s1. The molecule has 0 amide bonds. The summed E-state index contributed by atoms with van der Waals surface area (Å²) in [6, 6.07) is 4.84. The Morgan fingerprint density at radius 3 is 2.88 bits per heavy atom. The summed E-state index contributed by atoms with van der Waals surface area (Å²) in [7, 11) is 0. The molecule has 1 atom stereocenters. The van der Waals surface area contributed by atoms with Gasteiger partial charge in [0.1, 0.15) is 0 Å².